The first-order valence-electron chi connectivity index (χ1n) is 41.1. The summed E-state index contributed by atoms with van der Waals surface area (Å²) in [7, 11) is -3.66. The van der Waals surface area contributed by atoms with Crippen LogP contribution in [0.15, 0.2) is 211 Å². The van der Waals surface area contributed by atoms with Crippen molar-refractivity contribution in [2.75, 3.05) is 65.2 Å². The minimum Gasteiger partial charge on any atom is -0.507 e. The van der Waals surface area contributed by atoms with Crippen LogP contribution in [-0.4, -0.2) is 185 Å². The number of hydrogen-bond acceptors (Lipinski definition) is 18. The number of carbonyl (C=O) groups is 6. The molecule has 0 aliphatic carbocycles. The van der Waals surface area contributed by atoms with Crippen LogP contribution in [-0.2, 0) is 53.8 Å². The number of para-hydroxylation sites is 4. The van der Waals surface area contributed by atoms with Crippen molar-refractivity contribution >= 4 is 56.8 Å². The normalized spacial score (nSPS) is 15.2. The third kappa shape index (κ3) is 23.7. The van der Waals surface area contributed by atoms with Crippen molar-refractivity contribution < 1.29 is 61.2 Å². The van der Waals surface area contributed by atoms with Crippen LogP contribution in [0.1, 0.15) is 174 Å². The second-order valence-electron chi connectivity index (χ2n) is 32.1. The quantitative estimate of drug-likeness (QED) is 0.0339. The van der Waals surface area contributed by atoms with E-state index < -0.39 is 45.6 Å². The van der Waals surface area contributed by atoms with Gasteiger partial charge in [-0.15, -0.1) is 11.3 Å². The van der Waals surface area contributed by atoms with Crippen molar-refractivity contribution in [3.63, 3.8) is 0 Å². The number of nitrogens with zero attached hydrogens (tertiary/aromatic N) is 7. The Balaban J connectivity index is 0.000000188. The molecule has 119 heavy (non-hydrogen) atoms. The fraction of sp³-hybridized carbons (Fsp3) is 0.394. The van der Waals surface area contributed by atoms with E-state index >= 15 is 0 Å². The Morgan fingerprint density at radius 2 is 0.782 bits per heavy atom. The molecule has 0 spiro atoms. The van der Waals surface area contributed by atoms with Crippen LogP contribution in [0, 0.1) is 0 Å². The molecule has 4 heterocycles. The summed E-state index contributed by atoms with van der Waals surface area (Å²) in [5.41, 5.74) is 4.41. The number of sulfone groups is 1. The van der Waals surface area contributed by atoms with Crippen LogP contribution in [0.3, 0.4) is 0 Å². The molecule has 8 aromatic carbocycles. The molecule has 3 atom stereocenters. The number of nitrogens with one attached hydrogen (secondary N) is 3. The van der Waals surface area contributed by atoms with E-state index in [0.29, 0.717) is 141 Å². The van der Waals surface area contributed by atoms with Crippen LogP contribution >= 0.6 is 11.3 Å². The second kappa shape index (κ2) is 41.6. The zero-order chi connectivity index (χ0) is 85.8. The third-order valence-electron chi connectivity index (χ3n) is 21.4. The Kier molecular flexibility index (Phi) is 31.6. The predicted molar refractivity (Wildman–Crippen MR) is 466 cm³/mol. The lowest BCUT2D eigenvalue weighted by molar-refractivity contribution is -0.127. The zero-order valence-electron chi connectivity index (χ0n) is 71.1. The van der Waals surface area contributed by atoms with Crippen LogP contribution < -0.4 is 30.2 Å². The largest absolute Gasteiger partial charge is 0.507 e. The number of fused-ring (bicyclic) bond motifs is 3. The highest BCUT2D eigenvalue weighted by molar-refractivity contribution is 7.90. The Labute approximate surface area is 705 Å². The van der Waals surface area contributed by atoms with E-state index in [2.05, 4.69) is 119 Å². The molecular formula is C94H116N10O13S2. The highest BCUT2D eigenvalue weighted by Gasteiger charge is 2.43. The van der Waals surface area contributed by atoms with Gasteiger partial charge < -0.3 is 49.8 Å². The van der Waals surface area contributed by atoms with E-state index in [0.717, 1.165) is 45.6 Å². The summed E-state index contributed by atoms with van der Waals surface area (Å²) in [5.74, 6) is 2.45. The van der Waals surface area contributed by atoms with Crippen LogP contribution in [0.4, 0.5) is 4.79 Å². The number of benzene rings is 8. The standard InChI is InChI=1S/C32H39N3O5S.C31H40N4O4S.C31H37N3O4/c1-22(2)34(23(3)4)20-18-33-31(36)30-27-16-15-26(40-25-11-7-6-8-12-25)21-24(27)17-19-35(30)32(37)28-13-9-10-14-29(28)41(5,38)39;1-21(2)34(22(3)4)18-15-32-28(36)27-26-13-12-25(38-24-10-8-7-9-11-24)20-23(26)14-17-35(27)30(37)39-31(5,6)29-33-16-19-40-29;1-21(2)33(22(3)4)19-17-32-30(36)29-26-15-14-25(38-24-10-6-5-7-11-24)20-23(26)16-18-34(29)31(37)27-12-8-9-13-28(27)35/h6-16,21-23,30H,17-20H2,1-5H3,(H,33,36);7-13,16,19-22,27H,14-15,17-18H2,1-6H3,(H,32,36);5-15,20-22,29,35H,16-19H2,1-4H3,(H,32,36). The number of aromatic hydroxyl groups is 1. The molecule has 3 aliphatic rings. The number of hydrogen-bond donors (Lipinski definition) is 4. The van der Waals surface area contributed by atoms with Gasteiger partial charge in [0.05, 0.1) is 16.0 Å². The van der Waals surface area contributed by atoms with E-state index in [-0.39, 0.29) is 51.9 Å². The lowest BCUT2D eigenvalue weighted by Gasteiger charge is -2.38. The Hall–Kier alpha value is -11.0. The minimum absolute atomic E-state index is 0.0499. The van der Waals surface area contributed by atoms with Gasteiger partial charge in [-0.3, -0.25) is 43.6 Å². The monoisotopic (exact) mass is 1660 g/mol. The molecule has 3 unspecified atom stereocenters. The number of amides is 6. The number of phenolic OH excluding ortho intramolecular Hbond substituents is 1. The predicted octanol–water partition coefficient (Wildman–Crippen LogP) is 16.2. The first kappa shape index (κ1) is 90.4. The maximum Gasteiger partial charge on any atom is 0.411 e. The maximum absolute atomic E-state index is 13.9. The molecule has 3 aliphatic heterocycles. The van der Waals surface area contributed by atoms with E-state index in [1.54, 1.807) is 47.5 Å². The van der Waals surface area contributed by atoms with Gasteiger partial charge in [0, 0.05) is 113 Å². The van der Waals surface area contributed by atoms with Gasteiger partial charge in [-0.25, -0.2) is 18.2 Å². The van der Waals surface area contributed by atoms with Gasteiger partial charge in [-0.2, -0.15) is 0 Å². The Morgan fingerprint density at radius 3 is 1.13 bits per heavy atom. The summed E-state index contributed by atoms with van der Waals surface area (Å²) in [4.78, 5) is 98.1. The summed E-state index contributed by atoms with van der Waals surface area (Å²) in [6.45, 7) is 33.6. The average Bonchev–Trinajstić information content (AvgIpc) is 1.52. The Morgan fingerprint density at radius 1 is 0.454 bits per heavy atom. The lowest BCUT2D eigenvalue weighted by atomic mass is 9.91. The molecule has 6 amide bonds. The molecule has 4 N–H and O–H groups in total. The van der Waals surface area contributed by atoms with Crippen molar-refractivity contribution in [1.82, 2.24) is 50.3 Å². The van der Waals surface area contributed by atoms with E-state index in [1.165, 1.54) is 39.3 Å². The number of carbonyl (C=O) groups excluding carboxylic acids is 6. The Bertz CT molecular complexity index is 4990. The fourth-order valence-electron chi connectivity index (χ4n) is 15.7. The molecule has 1 aromatic heterocycles. The van der Waals surface area contributed by atoms with Gasteiger partial charge in [-0.05, 0) is 247 Å². The molecule has 9 aromatic rings. The highest BCUT2D eigenvalue weighted by Crippen LogP contribution is 2.40. The topological polar surface area (TPSA) is 262 Å². The molecule has 0 bridgehead atoms. The van der Waals surface area contributed by atoms with Gasteiger partial charge in [0.25, 0.3) is 11.8 Å². The van der Waals surface area contributed by atoms with Crippen molar-refractivity contribution in [2.24, 2.45) is 0 Å². The van der Waals surface area contributed by atoms with Crippen LogP contribution in [0.5, 0.6) is 40.2 Å². The highest BCUT2D eigenvalue weighted by atomic mass is 32.2. The number of phenols is 1. The molecule has 632 valence electrons. The molecule has 0 fully saturated rings. The summed E-state index contributed by atoms with van der Waals surface area (Å²) in [6.07, 6.45) is 3.87. The maximum atomic E-state index is 13.9. The van der Waals surface area contributed by atoms with Gasteiger partial charge in [0.15, 0.2) is 15.4 Å². The van der Waals surface area contributed by atoms with Crippen molar-refractivity contribution in [1.29, 1.82) is 0 Å². The van der Waals surface area contributed by atoms with E-state index in [1.807, 2.05) is 159 Å². The van der Waals surface area contributed by atoms with Crippen LogP contribution in [0.25, 0.3) is 0 Å². The van der Waals surface area contributed by atoms with Gasteiger partial charge in [-0.1, -0.05) is 97.1 Å². The minimum atomic E-state index is -3.66. The summed E-state index contributed by atoms with van der Waals surface area (Å²) >= 11 is 1.43. The molecular weight excluding hydrogens is 1540 g/mol. The first-order valence-corrected chi connectivity index (χ1v) is 43.8. The average molecular weight is 1660 g/mol. The third-order valence-corrected chi connectivity index (χ3v) is 23.6. The molecule has 0 saturated heterocycles. The van der Waals surface area contributed by atoms with Crippen molar-refractivity contribution in [2.45, 2.75) is 181 Å². The molecule has 12 rings (SSSR count). The lowest BCUT2D eigenvalue weighted by Crippen LogP contribution is -2.50. The van der Waals surface area contributed by atoms with Gasteiger partial charge >= 0.3 is 6.09 Å². The van der Waals surface area contributed by atoms with E-state index in [9.17, 15) is 42.3 Å². The van der Waals surface area contributed by atoms with Crippen molar-refractivity contribution in [3.05, 3.63) is 255 Å². The van der Waals surface area contributed by atoms with E-state index in [4.69, 9.17) is 18.9 Å². The molecule has 0 radical (unpaired) electrons. The first-order chi connectivity index (χ1) is 56.8. The number of rotatable bonds is 29. The molecule has 25 heteroatoms. The zero-order valence-corrected chi connectivity index (χ0v) is 72.7. The summed E-state index contributed by atoms with van der Waals surface area (Å²) in [6, 6.07) is 57.5. The molecule has 23 nitrogen and oxygen atoms in total. The summed E-state index contributed by atoms with van der Waals surface area (Å²) < 4.78 is 49.0. The molecule has 0 saturated carbocycles. The fourth-order valence-corrected chi connectivity index (χ4v) is 17.3. The van der Waals surface area contributed by atoms with Crippen molar-refractivity contribution in [3.8, 4) is 40.2 Å². The van der Waals surface area contributed by atoms with Gasteiger partial charge in [0.1, 0.15) is 63.4 Å². The summed E-state index contributed by atoms with van der Waals surface area (Å²) in [5, 5.41) is 22.1. The number of thiazole rings is 1. The van der Waals surface area contributed by atoms with Crippen LogP contribution in [0.2, 0.25) is 0 Å². The van der Waals surface area contributed by atoms with Gasteiger partial charge in [0.2, 0.25) is 17.7 Å². The second-order valence-corrected chi connectivity index (χ2v) is 35.0. The SMILES string of the molecule is CC(C)N(CCNC(=O)C1c2ccc(Oc3ccccc3)cc2CCN1C(=O)OC(C)(C)c1nccs1)C(C)C.CC(C)N(CCNC(=O)C1c2ccc(Oc3ccccc3)cc2CCN1C(=O)c1ccccc1O)C(C)C.CC(C)N(CCNC(=O)C1c2ccc(Oc3ccccc3)cc2CCN1C(=O)c1ccccc1S(C)(=O)=O)C(C)C. The number of ether oxygens (including phenoxy) is 4. The smallest absolute Gasteiger partial charge is 0.411 e. The number of aromatic nitrogens is 1.